The van der Waals surface area contributed by atoms with Gasteiger partial charge in [0.25, 0.3) is 0 Å². The predicted molar refractivity (Wildman–Crippen MR) is 85.5 cm³/mol. The number of carbonyl (C=O) groups is 1. The first-order chi connectivity index (χ1) is 10.5. The quantitative estimate of drug-likeness (QED) is 0.815. The van der Waals surface area contributed by atoms with Gasteiger partial charge in [-0.15, -0.1) is 0 Å². The molecule has 0 spiro atoms. The standard InChI is InChI=1S/C15H18N2O4S/c1-17(8-7-13(18)19)9-12-14(16-15(20)22-12)10-3-5-11(21-2)6-4-10/h3-6H,7-9H2,1-2H3,(H,16,20)(H,18,19). The van der Waals surface area contributed by atoms with Crippen molar-refractivity contribution in [2.75, 3.05) is 20.7 Å². The van der Waals surface area contributed by atoms with Crippen molar-refractivity contribution in [1.29, 1.82) is 0 Å². The van der Waals surface area contributed by atoms with E-state index in [9.17, 15) is 9.59 Å². The Labute approximate surface area is 132 Å². The minimum absolute atomic E-state index is 0.0771. The second kappa shape index (κ2) is 7.24. The zero-order chi connectivity index (χ0) is 16.1. The minimum Gasteiger partial charge on any atom is -0.497 e. The van der Waals surface area contributed by atoms with Gasteiger partial charge in [0.15, 0.2) is 0 Å². The third-order valence-corrected chi connectivity index (χ3v) is 4.09. The van der Waals surface area contributed by atoms with Crippen LogP contribution in [-0.4, -0.2) is 41.7 Å². The number of aromatic amines is 1. The average molecular weight is 322 g/mol. The van der Waals surface area contributed by atoms with Crippen molar-refractivity contribution in [1.82, 2.24) is 9.88 Å². The van der Waals surface area contributed by atoms with Gasteiger partial charge in [-0.3, -0.25) is 9.59 Å². The van der Waals surface area contributed by atoms with Crippen LogP contribution < -0.4 is 9.61 Å². The van der Waals surface area contributed by atoms with Crippen molar-refractivity contribution in [3.63, 3.8) is 0 Å². The van der Waals surface area contributed by atoms with Gasteiger partial charge in [-0.1, -0.05) is 11.3 Å². The first-order valence-corrected chi connectivity index (χ1v) is 7.58. The molecular formula is C15H18N2O4S. The number of thiazole rings is 1. The number of benzene rings is 1. The van der Waals surface area contributed by atoms with Crippen LogP contribution in [-0.2, 0) is 11.3 Å². The van der Waals surface area contributed by atoms with Crippen LogP contribution in [0.15, 0.2) is 29.1 Å². The van der Waals surface area contributed by atoms with Crippen LogP contribution in [0.4, 0.5) is 0 Å². The van der Waals surface area contributed by atoms with Crippen LogP contribution in [0.3, 0.4) is 0 Å². The van der Waals surface area contributed by atoms with E-state index in [2.05, 4.69) is 4.98 Å². The Morgan fingerprint density at radius 1 is 1.36 bits per heavy atom. The molecule has 22 heavy (non-hydrogen) atoms. The highest BCUT2D eigenvalue weighted by Gasteiger charge is 2.13. The van der Waals surface area contributed by atoms with E-state index in [0.29, 0.717) is 13.1 Å². The molecule has 0 amide bonds. The lowest BCUT2D eigenvalue weighted by molar-refractivity contribution is -0.137. The Morgan fingerprint density at radius 2 is 2.05 bits per heavy atom. The molecule has 2 N–H and O–H groups in total. The molecule has 2 rings (SSSR count). The number of methoxy groups -OCH3 is 1. The maximum atomic E-state index is 11.7. The molecule has 0 atom stereocenters. The number of nitrogens with one attached hydrogen (secondary N) is 1. The third-order valence-electron chi connectivity index (χ3n) is 3.22. The summed E-state index contributed by atoms with van der Waals surface area (Å²) in [6.45, 7) is 0.960. The predicted octanol–water partition coefficient (Wildman–Crippen LogP) is 2.02. The number of rotatable bonds is 7. The molecule has 0 saturated heterocycles. The Bertz CT molecular complexity index is 690. The Morgan fingerprint density at radius 3 is 2.64 bits per heavy atom. The average Bonchev–Trinajstić information content (AvgIpc) is 2.86. The van der Waals surface area contributed by atoms with E-state index < -0.39 is 5.97 Å². The highest BCUT2D eigenvalue weighted by molar-refractivity contribution is 7.09. The fraction of sp³-hybridized carbons (Fsp3) is 0.333. The Balaban J connectivity index is 2.18. The summed E-state index contributed by atoms with van der Waals surface area (Å²) < 4.78 is 5.13. The van der Waals surface area contributed by atoms with Crippen molar-refractivity contribution in [3.8, 4) is 17.0 Å². The number of ether oxygens (including phenoxy) is 1. The molecule has 2 aromatic rings. The fourth-order valence-corrected chi connectivity index (χ4v) is 3.01. The molecule has 0 aliphatic rings. The summed E-state index contributed by atoms with van der Waals surface area (Å²) in [5.74, 6) is -0.0778. The number of carboxylic acid groups (broad SMARTS) is 1. The van der Waals surface area contributed by atoms with E-state index in [-0.39, 0.29) is 11.3 Å². The number of hydrogen-bond acceptors (Lipinski definition) is 5. The molecule has 6 nitrogen and oxygen atoms in total. The van der Waals surface area contributed by atoms with Crippen LogP contribution in [0.5, 0.6) is 5.75 Å². The summed E-state index contributed by atoms with van der Waals surface area (Å²) in [5, 5.41) is 8.72. The van der Waals surface area contributed by atoms with Crippen molar-refractivity contribution in [3.05, 3.63) is 38.8 Å². The van der Waals surface area contributed by atoms with E-state index in [1.165, 1.54) is 0 Å². The molecule has 0 aliphatic heterocycles. The molecule has 0 aliphatic carbocycles. The van der Waals surface area contributed by atoms with E-state index in [1.807, 2.05) is 36.2 Å². The van der Waals surface area contributed by atoms with E-state index in [0.717, 1.165) is 33.2 Å². The fourth-order valence-electron chi connectivity index (χ4n) is 2.07. The molecule has 0 unspecified atom stereocenters. The monoisotopic (exact) mass is 322 g/mol. The number of H-pyrrole nitrogens is 1. The molecule has 1 aromatic heterocycles. The summed E-state index contributed by atoms with van der Waals surface area (Å²) in [4.78, 5) is 27.8. The van der Waals surface area contributed by atoms with Crippen LogP contribution in [0.1, 0.15) is 11.3 Å². The van der Waals surface area contributed by atoms with Gasteiger partial charge < -0.3 is 19.7 Å². The summed E-state index contributed by atoms with van der Waals surface area (Å²) >= 11 is 1.15. The molecular weight excluding hydrogens is 304 g/mol. The molecule has 1 aromatic carbocycles. The van der Waals surface area contributed by atoms with Gasteiger partial charge in [0.2, 0.25) is 0 Å². The molecule has 0 radical (unpaired) electrons. The molecule has 7 heteroatoms. The van der Waals surface area contributed by atoms with Crippen LogP contribution >= 0.6 is 11.3 Å². The number of aliphatic carboxylic acids is 1. The van der Waals surface area contributed by atoms with Crippen molar-refractivity contribution in [2.45, 2.75) is 13.0 Å². The normalized spacial score (nSPS) is 10.9. The van der Waals surface area contributed by atoms with E-state index in [1.54, 1.807) is 7.11 Å². The first kappa shape index (κ1) is 16.3. The summed E-state index contributed by atoms with van der Waals surface area (Å²) in [5.41, 5.74) is 1.68. The summed E-state index contributed by atoms with van der Waals surface area (Å²) in [7, 11) is 3.44. The maximum Gasteiger partial charge on any atom is 0.305 e. The van der Waals surface area contributed by atoms with Gasteiger partial charge >= 0.3 is 10.8 Å². The minimum atomic E-state index is -0.829. The summed E-state index contributed by atoms with van der Waals surface area (Å²) in [6, 6.07) is 7.45. The van der Waals surface area contributed by atoms with Crippen molar-refractivity contribution in [2.24, 2.45) is 0 Å². The SMILES string of the molecule is COc1ccc(-c2[nH]c(=O)sc2CN(C)CCC(=O)O)cc1. The van der Waals surface area contributed by atoms with Gasteiger partial charge in [0.05, 0.1) is 19.2 Å². The zero-order valence-electron chi connectivity index (χ0n) is 12.5. The third kappa shape index (κ3) is 4.19. The molecule has 0 fully saturated rings. The first-order valence-electron chi connectivity index (χ1n) is 6.76. The largest absolute Gasteiger partial charge is 0.497 e. The number of aromatic nitrogens is 1. The lowest BCUT2D eigenvalue weighted by Crippen LogP contribution is -2.21. The highest BCUT2D eigenvalue weighted by atomic mass is 32.1. The number of nitrogens with zero attached hydrogens (tertiary/aromatic N) is 1. The zero-order valence-corrected chi connectivity index (χ0v) is 13.3. The lowest BCUT2D eigenvalue weighted by atomic mass is 10.1. The lowest BCUT2D eigenvalue weighted by Gasteiger charge is -2.15. The maximum absolute atomic E-state index is 11.7. The molecule has 0 saturated carbocycles. The van der Waals surface area contributed by atoms with Crippen LogP contribution in [0, 0.1) is 0 Å². The highest BCUT2D eigenvalue weighted by Crippen LogP contribution is 2.26. The van der Waals surface area contributed by atoms with Crippen molar-refractivity contribution < 1.29 is 14.6 Å². The summed E-state index contributed by atoms with van der Waals surface area (Å²) in [6.07, 6.45) is 0.0771. The Kier molecular flexibility index (Phi) is 5.35. The van der Waals surface area contributed by atoms with E-state index in [4.69, 9.17) is 9.84 Å². The second-order valence-electron chi connectivity index (χ2n) is 4.92. The Hall–Kier alpha value is -2.12. The van der Waals surface area contributed by atoms with E-state index >= 15 is 0 Å². The van der Waals surface area contributed by atoms with Crippen LogP contribution in [0.25, 0.3) is 11.3 Å². The second-order valence-corrected chi connectivity index (χ2v) is 5.99. The molecule has 0 bridgehead atoms. The van der Waals surface area contributed by atoms with Crippen molar-refractivity contribution >= 4 is 17.3 Å². The van der Waals surface area contributed by atoms with Gasteiger partial charge in [0, 0.05) is 18.0 Å². The molecule has 1 heterocycles. The topological polar surface area (TPSA) is 82.6 Å². The number of hydrogen-bond donors (Lipinski definition) is 2. The smallest absolute Gasteiger partial charge is 0.305 e. The van der Waals surface area contributed by atoms with Crippen LogP contribution in [0.2, 0.25) is 0 Å². The number of carboxylic acids is 1. The van der Waals surface area contributed by atoms with Gasteiger partial charge in [-0.2, -0.15) is 0 Å². The van der Waals surface area contributed by atoms with Gasteiger partial charge in [0.1, 0.15) is 5.75 Å². The van der Waals surface area contributed by atoms with Gasteiger partial charge in [-0.25, -0.2) is 0 Å². The van der Waals surface area contributed by atoms with Gasteiger partial charge in [-0.05, 0) is 36.9 Å². The molecule has 118 valence electrons.